The lowest BCUT2D eigenvalue weighted by atomic mass is 9.92. The number of fused-ring (bicyclic) bond motifs is 1. The van der Waals surface area contributed by atoms with Crippen LogP contribution >= 0.6 is 0 Å². The molecule has 142 valence electrons. The molecular formula is C21H23NO5. The van der Waals surface area contributed by atoms with E-state index in [-0.39, 0.29) is 37.0 Å². The standard InChI is InChI=1S/C21H23NO5/c23-18-4-2-1-3-14(18)11-21(24)22-15-5-7-16(8-6-15)27-17-9-10-19-20(12-17)26-13-25-19/h1-4,9-10,12,15-16,23H,5-8,11,13H2,(H,22,24). The van der Waals surface area contributed by atoms with Crippen molar-refractivity contribution in [3.63, 3.8) is 0 Å². The van der Waals surface area contributed by atoms with Crippen molar-refractivity contribution in [2.45, 2.75) is 44.2 Å². The normalized spacial score (nSPS) is 20.9. The van der Waals surface area contributed by atoms with Crippen molar-refractivity contribution in [1.82, 2.24) is 5.32 Å². The minimum absolute atomic E-state index is 0.0587. The van der Waals surface area contributed by atoms with E-state index < -0.39 is 0 Å². The zero-order chi connectivity index (χ0) is 18.6. The first-order valence-electron chi connectivity index (χ1n) is 9.30. The molecule has 1 aliphatic heterocycles. The summed E-state index contributed by atoms with van der Waals surface area (Å²) in [4.78, 5) is 12.2. The van der Waals surface area contributed by atoms with Crippen molar-refractivity contribution < 1.29 is 24.1 Å². The first-order valence-corrected chi connectivity index (χ1v) is 9.30. The minimum Gasteiger partial charge on any atom is -0.508 e. The van der Waals surface area contributed by atoms with Gasteiger partial charge < -0.3 is 24.6 Å². The largest absolute Gasteiger partial charge is 0.508 e. The highest BCUT2D eigenvalue weighted by molar-refractivity contribution is 5.79. The summed E-state index contributed by atoms with van der Waals surface area (Å²) in [6.45, 7) is 0.254. The van der Waals surface area contributed by atoms with Gasteiger partial charge in [0.05, 0.1) is 12.5 Å². The highest BCUT2D eigenvalue weighted by atomic mass is 16.7. The fourth-order valence-electron chi connectivity index (χ4n) is 3.58. The monoisotopic (exact) mass is 369 g/mol. The number of benzene rings is 2. The van der Waals surface area contributed by atoms with Crippen LogP contribution in [-0.4, -0.2) is 30.0 Å². The third-order valence-corrected chi connectivity index (χ3v) is 5.03. The third-order valence-electron chi connectivity index (χ3n) is 5.03. The van der Waals surface area contributed by atoms with E-state index in [2.05, 4.69) is 5.32 Å². The van der Waals surface area contributed by atoms with Gasteiger partial charge in [0.1, 0.15) is 11.5 Å². The van der Waals surface area contributed by atoms with Gasteiger partial charge in [-0.1, -0.05) is 18.2 Å². The first-order chi connectivity index (χ1) is 13.2. The maximum atomic E-state index is 12.2. The van der Waals surface area contributed by atoms with Crippen molar-refractivity contribution in [2.75, 3.05) is 6.79 Å². The van der Waals surface area contributed by atoms with Crippen LogP contribution in [0.15, 0.2) is 42.5 Å². The number of rotatable bonds is 5. The molecule has 6 nitrogen and oxygen atoms in total. The lowest BCUT2D eigenvalue weighted by Crippen LogP contribution is -2.40. The van der Waals surface area contributed by atoms with Crippen LogP contribution < -0.4 is 19.5 Å². The molecule has 0 atom stereocenters. The number of phenols is 1. The molecule has 2 aliphatic rings. The Morgan fingerprint density at radius 1 is 1.07 bits per heavy atom. The minimum atomic E-state index is -0.0587. The second-order valence-electron chi connectivity index (χ2n) is 6.98. The van der Waals surface area contributed by atoms with E-state index in [0.717, 1.165) is 42.9 Å². The number of amides is 1. The molecule has 2 aromatic carbocycles. The van der Waals surface area contributed by atoms with Crippen LogP contribution in [0.1, 0.15) is 31.2 Å². The van der Waals surface area contributed by atoms with Gasteiger partial charge in [-0.05, 0) is 43.9 Å². The summed E-state index contributed by atoms with van der Waals surface area (Å²) >= 11 is 0. The molecule has 0 aromatic heterocycles. The van der Waals surface area contributed by atoms with E-state index in [1.54, 1.807) is 18.2 Å². The van der Waals surface area contributed by atoms with Crippen LogP contribution in [0.5, 0.6) is 23.0 Å². The molecule has 1 aliphatic carbocycles. The first kappa shape index (κ1) is 17.5. The number of nitrogens with one attached hydrogen (secondary N) is 1. The van der Waals surface area contributed by atoms with E-state index in [1.165, 1.54) is 0 Å². The Morgan fingerprint density at radius 2 is 1.85 bits per heavy atom. The zero-order valence-electron chi connectivity index (χ0n) is 15.0. The van der Waals surface area contributed by atoms with E-state index in [9.17, 15) is 9.90 Å². The van der Waals surface area contributed by atoms with Crippen LogP contribution in [0.2, 0.25) is 0 Å². The average molecular weight is 369 g/mol. The van der Waals surface area contributed by atoms with Crippen molar-refractivity contribution >= 4 is 5.91 Å². The number of carbonyl (C=O) groups excluding carboxylic acids is 1. The Bertz CT molecular complexity index is 814. The van der Waals surface area contributed by atoms with Gasteiger partial charge in [-0.15, -0.1) is 0 Å². The maximum Gasteiger partial charge on any atom is 0.231 e. The van der Waals surface area contributed by atoms with Gasteiger partial charge in [-0.3, -0.25) is 4.79 Å². The molecule has 0 saturated heterocycles. The van der Waals surface area contributed by atoms with Crippen LogP contribution in [0.3, 0.4) is 0 Å². The van der Waals surface area contributed by atoms with Crippen LogP contribution in [0.4, 0.5) is 0 Å². The summed E-state index contributed by atoms with van der Waals surface area (Å²) in [5.41, 5.74) is 0.648. The topological polar surface area (TPSA) is 77.0 Å². The predicted octanol–water partition coefficient (Wildman–Crippen LogP) is 3.17. The molecule has 0 unspecified atom stereocenters. The fourth-order valence-corrected chi connectivity index (χ4v) is 3.58. The summed E-state index contributed by atoms with van der Waals surface area (Å²) in [7, 11) is 0. The van der Waals surface area contributed by atoms with Crippen molar-refractivity contribution in [2.24, 2.45) is 0 Å². The molecule has 2 N–H and O–H groups in total. The number of ether oxygens (including phenoxy) is 3. The van der Waals surface area contributed by atoms with Gasteiger partial charge in [0.15, 0.2) is 11.5 Å². The number of para-hydroxylation sites is 1. The number of aromatic hydroxyl groups is 1. The Balaban J connectivity index is 1.24. The number of hydrogen-bond donors (Lipinski definition) is 2. The molecule has 1 saturated carbocycles. The van der Waals surface area contributed by atoms with Crippen molar-refractivity contribution in [1.29, 1.82) is 0 Å². The number of carbonyl (C=O) groups is 1. The molecule has 1 fully saturated rings. The quantitative estimate of drug-likeness (QED) is 0.847. The fraction of sp³-hybridized carbons (Fsp3) is 0.381. The highest BCUT2D eigenvalue weighted by Crippen LogP contribution is 2.36. The molecule has 0 spiro atoms. The number of hydrogen-bond acceptors (Lipinski definition) is 5. The van der Waals surface area contributed by atoms with Gasteiger partial charge >= 0.3 is 0 Å². The SMILES string of the molecule is O=C(Cc1ccccc1O)NC1CCC(Oc2ccc3c(c2)OCO3)CC1. The van der Waals surface area contributed by atoms with Gasteiger partial charge in [-0.25, -0.2) is 0 Å². The molecule has 1 amide bonds. The van der Waals surface area contributed by atoms with E-state index >= 15 is 0 Å². The summed E-state index contributed by atoms with van der Waals surface area (Å²) in [6, 6.07) is 12.7. The molecule has 1 heterocycles. The smallest absolute Gasteiger partial charge is 0.231 e. The second kappa shape index (κ2) is 7.78. The lowest BCUT2D eigenvalue weighted by Gasteiger charge is -2.29. The van der Waals surface area contributed by atoms with E-state index in [4.69, 9.17) is 14.2 Å². The summed E-state index contributed by atoms with van der Waals surface area (Å²) in [6.07, 6.45) is 3.85. The van der Waals surface area contributed by atoms with E-state index in [1.807, 2.05) is 24.3 Å². The molecule has 27 heavy (non-hydrogen) atoms. The van der Waals surface area contributed by atoms with Gasteiger partial charge in [-0.2, -0.15) is 0 Å². The van der Waals surface area contributed by atoms with Crippen molar-refractivity contribution in [3.05, 3.63) is 48.0 Å². The van der Waals surface area contributed by atoms with Gasteiger partial charge in [0, 0.05) is 17.7 Å². The third kappa shape index (κ3) is 4.27. The molecule has 0 bridgehead atoms. The Labute approximate surface area is 158 Å². The van der Waals surface area contributed by atoms with Crippen LogP contribution in [0, 0.1) is 0 Å². The molecule has 6 heteroatoms. The highest BCUT2D eigenvalue weighted by Gasteiger charge is 2.24. The average Bonchev–Trinajstić information content (AvgIpc) is 3.13. The molecular weight excluding hydrogens is 346 g/mol. The van der Waals surface area contributed by atoms with Crippen LogP contribution in [0.25, 0.3) is 0 Å². The number of phenolic OH excluding ortho intramolecular Hbond substituents is 1. The zero-order valence-corrected chi connectivity index (χ0v) is 15.0. The van der Waals surface area contributed by atoms with Gasteiger partial charge in [0.2, 0.25) is 12.7 Å². The van der Waals surface area contributed by atoms with Crippen LogP contribution in [-0.2, 0) is 11.2 Å². The summed E-state index contributed by atoms with van der Waals surface area (Å²) < 4.78 is 16.8. The van der Waals surface area contributed by atoms with E-state index in [0.29, 0.717) is 5.56 Å². The Hall–Kier alpha value is -2.89. The summed E-state index contributed by atoms with van der Waals surface area (Å²) in [5, 5.41) is 12.9. The molecule has 2 aromatic rings. The molecule has 4 rings (SSSR count). The lowest BCUT2D eigenvalue weighted by molar-refractivity contribution is -0.121. The summed E-state index contributed by atoms with van der Waals surface area (Å²) in [5.74, 6) is 2.35. The Morgan fingerprint density at radius 3 is 2.67 bits per heavy atom. The molecule has 0 radical (unpaired) electrons. The van der Waals surface area contributed by atoms with Crippen molar-refractivity contribution in [3.8, 4) is 23.0 Å². The van der Waals surface area contributed by atoms with Gasteiger partial charge in [0.25, 0.3) is 0 Å². The predicted molar refractivity (Wildman–Crippen MR) is 99.2 cm³/mol. The second-order valence-corrected chi connectivity index (χ2v) is 6.98. The maximum absolute atomic E-state index is 12.2. The Kier molecular flexibility index (Phi) is 5.05.